The van der Waals surface area contributed by atoms with Gasteiger partial charge in [-0.25, -0.2) is 0 Å². The molecule has 3 heterocycles. The summed E-state index contributed by atoms with van der Waals surface area (Å²) in [6, 6.07) is 4.59. The molecule has 1 saturated heterocycles. The highest BCUT2D eigenvalue weighted by molar-refractivity contribution is 6.07. The predicted molar refractivity (Wildman–Crippen MR) is 105 cm³/mol. The summed E-state index contributed by atoms with van der Waals surface area (Å²) in [4.78, 5) is 32.4. The fourth-order valence-electron chi connectivity index (χ4n) is 3.72. The molecule has 158 valence electrons. The third-order valence-corrected chi connectivity index (χ3v) is 5.37. The maximum Gasteiger partial charge on any atom is 0.416 e. The number of benzene rings is 1. The molecule has 0 spiro atoms. The van der Waals surface area contributed by atoms with Gasteiger partial charge in [0.1, 0.15) is 11.9 Å². The molecule has 1 aliphatic heterocycles. The lowest BCUT2D eigenvalue weighted by atomic mass is 10.1. The quantitative estimate of drug-likeness (QED) is 0.677. The zero-order valence-corrected chi connectivity index (χ0v) is 16.2. The monoisotopic (exact) mass is 419 g/mol. The molecule has 6 nitrogen and oxygen atoms in total. The zero-order chi connectivity index (χ0) is 21.5. The summed E-state index contributed by atoms with van der Waals surface area (Å²) >= 11 is 0. The van der Waals surface area contributed by atoms with E-state index in [-0.39, 0.29) is 17.6 Å². The van der Waals surface area contributed by atoms with Gasteiger partial charge in [-0.1, -0.05) is 0 Å². The number of piperidine rings is 1. The van der Waals surface area contributed by atoms with Crippen molar-refractivity contribution in [3.63, 3.8) is 0 Å². The third kappa shape index (κ3) is 3.79. The number of pyridine rings is 1. The molecule has 0 bridgehead atoms. The largest absolute Gasteiger partial charge is 0.490 e. The molecule has 0 radical (unpaired) electrons. The smallest absolute Gasteiger partial charge is 0.416 e. The van der Waals surface area contributed by atoms with Crippen molar-refractivity contribution in [3.05, 3.63) is 63.7 Å². The van der Waals surface area contributed by atoms with Crippen LogP contribution in [0.2, 0.25) is 0 Å². The number of likely N-dealkylation sites (tertiary alicyclic amines) is 1. The number of aromatic amines is 2. The highest BCUT2D eigenvalue weighted by Gasteiger charge is 2.31. The molecule has 1 aliphatic rings. The number of H-pyrrole nitrogens is 2. The summed E-state index contributed by atoms with van der Waals surface area (Å²) in [7, 11) is 0. The van der Waals surface area contributed by atoms with Crippen molar-refractivity contribution < 1.29 is 22.7 Å². The molecule has 0 saturated carbocycles. The number of ether oxygens (including phenoxy) is 1. The minimum absolute atomic E-state index is 0.195. The van der Waals surface area contributed by atoms with Gasteiger partial charge < -0.3 is 19.6 Å². The van der Waals surface area contributed by atoms with Gasteiger partial charge in [0.05, 0.1) is 22.0 Å². The van der Waals surface area contributed by atoms with E-state index in [1.54, 1.807) is 17.3 Å². The van der Waals surface area contributed by atoms with Crippen LogP contribution >= 0.6 is 0 Å². The molecule has 0 aliphatic carbocycles. The number of alkyl halides is 3. The Labute approximate surface area is 169 Å². The second-order valence-corrected chi connectivity index (χ2v) is 7.38. The van der Waals surface area contributed by atoms with Crippen molar-refractivity contribution in [3.8, 4) is 5.75 Å². The molecule has 9 heteroatoms. The SMILES string of the molecule is Cc1c[nH]c(=O)c2c(C(=O)N3CCC(Oc4ccc(C(F)(F)F)cc4)CC3)c[nH]c12. The Morgan fingerprint density at radius 2 is 1.77 bits per heavy atom. The highest BCUT2D eigenvalue weighted by Crippen LogP contribution is 2.31. The van der Waals surface area contributed by atoms with Gasteiger partial charge in [0.2, 0.25) is 0 Å². The molecule has 4 rings (SSSR count). The van der Waals surface area contributed by atoms with Crippen LogP contribution in [0.1, 0.15) is 34.3 Å². The number of carbonyl (C=O) groups excluding carboxylic acids is 1. The Balaban J connectivity index is 1.41. The number of hydrogen-bond donors (Lipinski definition) is 2. The van der Waals surface area contributed by atoms with Crippen molar-refractivity contribution in [1.29, 1.82) is 0 Å². The van der Waals surface area contributed by atoms with Crippen molar-refractivity contribution in [2.75, 3.05) is 13.1 Å². The van der Waals surface area contributed by atoms with Crippen LogP contribution in [0.4, 0.5) is 13.2 Å². The fourth-order valence-corrected chi connectivity index (χ4v) is 3.72. The van der Waals surface area contributed by atoms with Crippen LogP contribution in [-0.2, 0) is 6.18 Å². The van der Waals surface area contributed by atoms with Gasteiger partial charge >= 0.3 is 6.18 Å². The van der Waals surface area contributed by atoms with Crippen molar-refractivity contribution in [2.45, 2.75) is 32.0 Å². The molecule has 1 amide bonds. The molecule has 30 heavy (non-hydrogen) atoms. The Kier molecular flexibility index (Phi) is 5.05. The molecule has 3 aromatic rings. The fraction of sp³-hybridized carbons (Fsp3) is 0.333. The lowest BCUT2D eigenvalue weighted by molar-refractivity contribution is -0.137. The molecular formula is C21H20F3N3O3. The van der Waals surface area contributed by atoms with Gasteiger partial charge in [0.15, 0.2) is 0 Å². The first-order valence-electron chi connectivity index (χ1n) is 9.56. The summed E-state index contributed by atoms with van der Waals surface area (Å²) in [5, 5.41) is 0.350. The van der Waals surface area contributed by atoms with Crippen LogP contribution in [0.15, 0.2) is 41.5 Å². The minimum Gasteiger partial charge on any atom is -0.490 e. The van der Waals surface area contributed by atoms with E-state index in [4.69, 9.17) is 4.74 Å². The van der Waals surface area contributed by atoms with E-state index in [2.05, 4.69) is 9.97 Å². The Bertz CT molecular complexity index is 1120. The van der Waals surface area contributed by atoms with Crippen molar-refractivity contribution in [1.82, 2.24) is 14.9 Å². The van der Waals surface area contributed by atoms with E-state index in [1.807, 2.05) is 6.92 Å². The van der Waals surface area contributed by atoms with Crippen LogP contribution in [0.25, 0.3) is 10.9 Å². The average Bonchev–Trinajstić information content (AvgIpc) is 3.17. The number of nitrogens with zero attached hydrogens (tertiary/aromatic N) is 1. The summed E-state index contributed by atoms with van der Waals surface area (Å²) in [6.07, 6.45) is -0.332. The van der Waals surface area contributed by atoms with Crippen LogP contribution in [0, 0.1) is 6.92 Å². The van der Waals surface area contributed by atoms with Crippen molar-refractivity contribution >= 4 is 16.8 Å². The number of nitrogens with one attached hydrogen (secondary N) is 2. The second kappa shape index (κ2) is 7.55. The Morgan fingerprint density at radius 1 is 1.10 bits per heavy atom. The average molecular weight is 419 g/mol. The maximum atomic E-state index is 12.9. The summed E-state index contributed by atoms with van der Waals surface area (Å²) in [6.45, 7) is 2.70. The first kappa shape index (κ1) is 20.1. The maximum absolute atomic E-state index is 12.9. The van der Waals surface area contributed by atoms with E-state index in [0.717, 1.165) is 17.7 Å². The number of rotatable bonds is 3. The molecule has 0 unspecified atom stereocenters. The number of fused-ring (bicyclic) bond motifs is 1. The standard InChI is InChI=1S/C21H20F3N3O3/c1-12-10-26-19(28)17-16(11-25-18(12)17)20(29)27-8-6-15(7-9-27)30-14-4-2-13(3-5-14)21(22,23)24/h2-5,10-11,15,25H,6-9H2,1H3,(H,26,28). The number of aryl methyl sites for hydroxylation is 1. The number of carbonyl (C=O) groups is 1. The molecule has 2 N–H and O–H groups in total. The summed E-state index contributed by atoms with van der Waals surface area (Å²) < 4.78 is 43.7. The molecular weight excluding hydrogens is 399 g/mol. The van der Waals surface area contributed by atoms with Crippen LogP contribution in [-0.4, -0.2) is 40.0 Å². The van der Waals surface area contributed by atoms with Crippen LogP contribution in [0.5, 0.6) is 5.75 Å². The molecule has 1 fully saturated rings. The van der Waals surface area contributed by atoms with Crippen LogP contribution in [0.3, 0.4) is 0 Å². The first-order chi connectivity index (χ1) is 14.2. The molecule has 2 aromatic heterocycles. The molecule has 0 atom stereocenters. The second-order valence-electron chi connectivity index (χ2n) is 7.38. The van der Waals surface area contributed by atoms with E-state index in [1.165, 1.54) is 12.1 Å². The highest BCUT2D eigenvalue weighted by atomic mass is 19.4. The van der Waals surface area contributed by atoms with Crippen molar-refractivity contribution in [2.24, 2.45) is 0 Å². The number of amides is 1. The third-order valence-electron chi connectivity index (χ3n) is 5.37. The van der Waals surface area contributed by atoms with Gasteiger partial charge in [-0.2, -0.15) is 13.2 Å². The van der Waals surface area contributed by atoms with E-state index >= 15 is 0 Å². The van der Waals surface area contributed by atoms with E-state index in [9.17, 15) is 22.8 Å². The normalized spacial score (nSPS) is 15.5. The van der Waals surface area contributed by atoms with Gasteiger partial charge in [0, 0.05) is 38.3 Å². The minimum atomic E-state index is -4.38. The van der Waals surface area contributed by atoms with Crippen LogP contribution < -0.4 is 10.3 Å². The zero-order valence-electron chi connectivity index (χ0n) is 16.2. The van der Waals surface area contributed by atoms with Gasteiger partial charge in [-0.05, 0) is 36.8 Å². The topological polar surface area (TPSA) is 78.2 Å². The van der Waals surface area contributed by atoms with Gasteiger partial charge in [-0.3, -0.25) is 9.59 Å². The van der Waals surface area contributed by atoms with E-state index < -0.39 is 11.7 Å². The first-order valence-corrected chi connectivity index (χ1v) is 9.56. The number of hydrogen-bond acceptors (Lipinski definition) is 3. The van der Waals surface area contributed by atoms with E-state index in [0.29, 0.717) is 48.1 Å². The number of halogens is 3. The van der Waals surface area contributed by atoms with Gasteiger partial charge in [-0.15, -0.1) is 0 Å². The van der Waals surface area contributed by atoms with Gasteiger partial charge in [0.25, 0.3) is 11.5 Å². The Morgan fingerprint density at radius 3 is 2.40 bits per heavy atom. The summed E-state index contributed by atoms with van der Waals surface area (Å²) in [5.74, 6) is 0.136. The lowest BCUT2D eigenvalue weighted by Gasteiger charge is -2.32. The lowest BCUT2D eigenvalue weighted by Crippen LogP contribution is -2.41. The molecule has 1 aromatic carbocycles. The predicted octanol–water partition coefficient (Wildman–Crippen LogP) is 3.87. The summed E-state index contributed by atoms with van der Waals surface area (Å²) in [5.41, 5.74) is 0.770. The Hall–Kier alpha value is -3.23. The number of aromatic nitrogens is 2.